The van der Waals surface area contributed by atoms with Crippen LogP contribution >= 0.6 is 0 Å². The largest absolute Gasteiger partial charge is 0.508 e. The van der Waals surface area contributed by atoms with Gasteiger partial charge in [0, 0.05) is 6.08 Å². The van der Waals surface area contributed by atoms with Gasteiger partial charge in [-0.25, -0.2) is 0 Å². The van der Waals surface area contributed by atoms with Crippen molar-refractivity contribution >= 4 is 11.4 Å². The fraction of sp³-hybridized carbons (Fsp3) is 0.188. The van der Waals surface area contributed by atoms with Gasteiger partial charge in [0.1, 0.15) is 17.8 Å². The summed E-state index contributed by atoms with van der Waals surface area (Å²) >= 11 is 0. The number of Topliss-reactive ketones (excluding diaryl/α,β-unsaturated/α-hetero) is 1. The molecule has 1 heterocycles. The van der Waals surface area contributed by atoms with Gasteiger partial charge in [0.05, 0.1) is 18.9 Å². The molecule has 0 saturated carbocycles. The van der Waals surface area contributed by atoms with E-state index >= 15 is 0 Å². The summed E-state index contributed by atoms with van der Waals surface area (Å²) in [5, 5.41) is 29.3. The molecule has 1 aromatic carbocycles. The van der Waals surface area contributed by atoms with Crippen LogP contribution in [0.15, 0.2) is 53.9 Å². The van der Waals surface area contributed by atoms with E-state index in [1.807, 2.05) is 0 Å². The second-order valence-corrected chi connectivity index (χ2v) is 4.99. The highest BCUT2D eigenvalue weighted by atomic mass is 16.5. The third-order valence-electron chi connectivity index (χ3n) is 3.68. The number of benzene rings is 1. The quantitative estimate of drug-likeness (QED) is 0.775. The van der Waals surface area contributed by atoms with Gasteiger partial charge in [-0.3, -0.25) is 4.79 Å². The van der Waals surface area contributed by atoms with Gasteiger partial charge < -0.3 is 24.8 Å². The molecule has 0 amide bonds. The van der Waals surface area contributed by atoms with Crippen molar-refractivity contribution in [3.8, 4) is 5.75 Å². The fourth-order valence-electron chi connectivity index (χ4n) is 2.58. The zero-order valence-electron chi connectivity index (χ0n) is 11.7. The van der Waals surface area contributed by atoms with Gasteiger partial charge in [-0.1, -0.05) is 12.1 Å². The van der Waals surface area contributed by atoms with Gasteiger partial charge in [0.2, 0.25) is 0 Å². The summed E-state index contributed by atoms with van der Waals surface area (Å²) in [5.41, 5.74) is 0.838. The zero-order chi connectivity index (χ0) is 15.9. The molecule has 22 heavy (non-hydrogen) atoms. The van der Waals surface area contributed by atoms with E-state index in [9.17, 15) is 20.1 Å². The summed E-state index contributed by atoms with van der Waals surface area (Å²) in [7, 11) is 1.29. The molecule has 0 bridgehead atoms. The molecule has 0 spiro atoms. The third kappa shape index (κ3) is 2.09. The van der Waals surface area contributed by atoms with E-state index in [0.29, 0.717) is 5.56 Å². The SMILES string of the molecule is COC1=C(O)C2C(=O)C(c3ccc(O)cc3)=COC2C=C1O. The van der Waals surface area contributed by atoms with Crippen LogP contribution < -0.4 is 0 Å². The number of allylic oxidation sites excluding steroid dienone is 1. The van der Waals surface area contributed by atoms with Crippen LogP contribution in [0, 0.1) is 5.92 Å². The summed E-state index contributed by atoms with van der Waals surface area (Å²) in [4.78, 5) is 12.7. The molecule has 0 saturated heterocycles. The Morgan fingerprint density at radius 1 is 1.14 bits per heavy atom. The van der Waals surface area contributed by atoms with E-state index in [4.69, 9.17) is 9.47 Å². The van der Waals surface area contributed by atoms with Gasteiger partial charge in [0.25, 0.3) is 0 Å². The summed E-state index contributed by atoms with van der Waals surface area (Å²) in [5.74, 6) is -2.00. The van der Waals surface area contributed by atoms with Crippen molar-refractivity contribution in [3.63, 3.8) is 0 Å². The van der Waals surface area contributed by atoms with Crippen LogP contribution in [0.1, 0.15) is 5.56 Å². The lowest BCUT2D eigenvalue weighted by atomic mass is 9.83. The maximum Gasteiger partial charge on any atom is 0.199 e. The number of aromatic hydroxyl groups is 1. The molecule has 3 N–H and O–H groups in total. The van der Waals surface area contributed by atoms with Crippen molar-refractivity contribution < 1.29 is 29.6 Å². The van der Waals surface area contributed by atoms with Crippen LogP contribution in [-0.4, -0.2) is 34.3 Å². The molecule has 2 atom stereocenters. The van der Waals surface area contributed by atoms with E-state index in [1.54, 1.807) is 12.1 Å². The molecule has 2 unspecified atom stereocenters. The van der Waals surface area contributed by atoms with Crippen molar-refractivity contribution in [2.24, 2.45) is 5.92 Å². The number of carbonyl (C=O) groups excluding carboxylic acids is 1. The van der Waals surface area contributed by atoms with Gasteiger partial charge >= 0.3 is 0 Å². The Hall–Kier alpha value is -2.89. The van der Waals surface area contributed by atoms with Crippen LogP contribution in [-0.2, 0) is 14.3 Å². The second kappa shape index (κ2) is 5.14. The molecule has 0 aromatic heterocycles. The Morgan fingerprint density at radius 2 is 1.82 bits per heavy atom. The topological polar surface area (TPSA) is 96.2 Å². The van der Waals surface area contributed by atoms with Gasteiger partial charge in [0.15, 0.2) is 23.1 Å². The van der Waals surface area contributed by atoms with Crippen molar-refractivity contribution in [1.82, 2.24) is 0 Å². The van der Waals surface area contributed by atoms with Crippen LogP contribution in [0.3, 0.4) is 0 Å². The lowest BCUT2D eigenvalue weighted by Gasteiger charge is -2.31. The molecule has 3 rings (SSSR count). The molecule has 6 nitrogen and oxygen atoms in total. The van der Waals surface area contributed by atoms with E-state index < -0.39 is 12.0 Å². The van der Waals surface area contributed by atoms with Crippen LogP contribution in [0.4, 0.5) is 0 Å². The Morgan fingerprint density at radius 3 is 2.45 bits per heavy atom. The predicted molar refractivity (Wildman–Crippen MR) is 76.8 cm³/mol. The number of hydrogen-bond donors (Lipinski definition) is 3. The molecule has 1 aromatic rings. The number of hydrogen-bond acceptors (Lipinski definition) is 6. The first-order chi connectivity index (χ1) is 10.5. The van der Waals surface area contributed by atoms with E-state index in [-0.39, 0.29) is 34.4 Å². The van der Waals surface area contributed by atoms with Gasteiger partial charge in [-0.2, -0.15) is 0 Å². The normalized spacial score (nSPS) is 24.1. The second-order valence-electron chi connectivity index (χ2n) is 4.99. The predicted octanol–water partition coefficient (Wildman–Crippen LogP) is 2.19. The summed E-state index contributed by atoms with van der Waals surface area (Å²) in [6.45, 7) is 0. The first-order valence-electron chi connectivity index (χ1n) is 6.60. The minimum Gasteiger partial charge on any atom is -0.508 e. The van der Waals surface area contributed by atoms with Gasteiger partial charge in [-0.15, -0.1) is 0 Å². The van der Waals surface area contributed by atoms with Crippen molar-refractivity contribution in [3.05, 3.63) is 59.4 Å². The van der Waals surface area contributed by atoms with Crippen LogP contribution in [0.5, 0.6) is 5.75 Å². The smallest absolute Gasteiger partial charge is 0.199 e. The van der Waals surface area contributed by atoms with Crippen molar-refractivity contribution in [2.75, 3.05) is 7.11 Å². The average Bonchev–Trinajstić information content (AvgIpc) is 2.49. The lowest BCUT2D eigenvalue weighted by Crippen LogP contribution is -2.37. The summed E-state index contributed by atoms with van der Waals surface area (Å²) in [6, 6.07) is 6.07. The first kappa shape index (κ1) is 14.1. The number of aliphatic hydroxyl groups excluding tert-OH is 2. The number of fused-ring (bicyclic) bond motifs is 1. The number of phenolic OH excluding ortho intramolecular Hbond substituents is 1. The number of rotatable bonds is 2. The molecular weight excluding hydrogens is 288 g/mol. The molecule has 2 aliphatic rings. The summed E-state index contributed by atoms with van der Waals surface area (Å²) < 4.78 is 10.4. The number of phenols is 1. The van der Waals surface area contributed by atoms with Crippen LogP contribution in [0.25, 0.3) is 5.57 Å². The zero-order valence-corrected chi connectivity index (χ0v) is 11.7. The maximum absolute atomic E-state index is 12.7. The lowest BCUT2D eigenvalue weighted by molar-refractivity contribution is -0.121. The molecule has 6 heteroatoms. The van der Waals surface area contributed by atoms with Crippen molar-refractivity contribution in [1.29, 1.82) is 0 Å². The highest BCUT2D eigenvalue weighted by Gasteiger charge is 2.43. The number of ketones is 1. The van der Waals surface area contributed by atoms with Gasteiger partial charge in [-0.05, 0) is 17.7 Å². The highest BCUT2D eigenvalue weighted by molar-refractivity contribution is 6.23. The monoisotopic (exact) mass is 302 g/mol. The summed E-state index contributed by atoms with van der Waals surface area (Å²) in [6.07, 6.45) is 1.84. The van der Waals surface area contributed by atoms with E-state index in [1.165, 1.54) is 31.6 Å². The molecule has 0 radical (unpaired) electrons. The van der Waals surface area contributed by atoms with Crippen LogP contribution in [0.2, 0.25) is 0 Å². The number of aliphatic hydroxyl groups is 2. The van der Waals surface area contributed by atoms with Crippen molar-refractivity contribution in [2.45, 2.75) is 6.10 Å². The maximum atomic E-state index is 12.7. The minimum atomic E-state index is -0.973. The third-order valence-corrected chi connectivity index (χ3v) is 3.68. The Bertz CT molecular complexity index is 711. The molecule has 1 aliphatic carbocycles. The Labute approximate surface area is 126 Å². The molecule has 114 valence electrons. The minimum absolute atomic E-state index is 0.0846. The molecular formula is C16H14O6. The average molecular weight is 302 g/mol. The Balaban J connectivity index is 2.01. The first-order valence-corrected chi connectivity index (χ1v) is 6.60. The highest BCUT2D eigenvalue weighted by Crippen LogP contribution is 2.37. The number of carbonyl (C=O) groups is 1. The molecule has 1 aliphatic heterocycles. The number of ether oxygens (including phenoxy) is 2. The number of methoxy groups -OCH3 is 1. The van der Waals surface area contributed by atoms with E-state index in [2.05, 4.69) is 0 Å². The standard InChI is InChI=1S/C16H14O6/c1-21-16-11(18)6-12-13(15(16)20)14(19)10(7-22-12)8-2-4-9(17)5-3-8/h2-7,12-13,17-18,20H,1H3. The van der Waals surface area contributed by atoms with E-state index in [0.717, 1.165) is 0 Å². The molecule has 0 fully saturated rings. The fourth-order valence-corrected chi connectivity index (χ4v) is 2.58. The Kier molecular flexibility index (Phi) is 3.29.